The highest BCUT2D eigenvalue weighted by Crippen LogP contribution is 2.34. The summed E-state index contributed by atoms with van der Waals surface area (Å²) in [6.45, 7) is 2.05. The van der Waals surface area contributed by atoms with Crippen molar-refractivity contribution in [3.05, 3.63) is 48.0 Å². The number of hydrogen-bond acceptors (Lipinski definition) is 1. The van der Waals surface area contributed by atoms with E-state index >= 15 is 0 Å². The largest absolute Gasteiger partial charge is 0.299 e. The molecule has 1 aliphatic carbocycles. The van der Waals surface area contributed by atoms with Crippen LogP contribution in [0.1, 0.15) is 37.7 Å². The molecule has 0 radical (unpaired) electrons. The highest BCUT2D eigenvalue weighted by atomic mass is 16.1. The van der Waals surface area contributed by atoms with Gasteiger partial charge in [-0.15, -0.1) is 0 Å². The number of carbonyl (C=O) groups is 1. The minimum Gasteiger partial charge on any atom is -0.299 e. The lowest BCUT2D eigenvalue weighted by atomic mass is 9.78. The van der Waals surface area contributed by atoms with E-state index in [1.165, 1.54) is 16.3 Å². The van der Waals surface area contributed by atoms with Crippen molar-refractivity contribution in [3.8, 4) is 0 Å². The SMILES string of the molecule is CC1CC[C@@H](c2ccc3ccccc3c2)CC1=O. The molecule has 92 valence electrons. The number of fused-ring (bicyclic) bond motifs is 1. The summed E-state index contributed by atoms with van der Waals surface area (Å²) in [5.41, 5.74) is 1.33. The molecule has 1 nitrogen and oxygen atoms in total. The van der Waals surface area contributed by atoms with Crippen molar-refractivity contribution in [1.29, 1.82) is 0 Å². The number of carbonyl (C=O) groups excluding carboxylic acids is 1. The molecule has 1 fully saturated rings. The van der Waals surface area contributed by atoms with E-state index in [4.69, 9.17) is 0 Å². The van der Waals surface area contributed by atoms with Gasteiger partial charge in [0.05, 0.1) is 0 Å². The molecule has 0 aliphatic heterocycles. The van der Waals surface area contributed by atoms with Crippen molar-refractivity contribution >= 4 is 16.6 Å². The maximum atomic E-state index is 11.8. The third-order valence-corrected chi connectivity index (χ3v) is 4.19. The van der Waals surface area contributed by atoms with Crippen LogP contribution in [0.2, 0.25) is 0 Å². The molecular formula is C17H18O. The van der Waals surface area contributed by atoms with Crippen molar-refractivity contribution < 1.29 is 4.79 Å². The Balaban J connectivity index is 1.92. The Hall–Kier alpha value is -1.63. The summed E-state index contributed by atoms with van der Waals surface area (Å²) in [5.74, 6) is 1.12. The van der Waals surface area contributed by atoms with Crippen LogP contribution in [0.25, 0.3) is 10.8 Å². The van der Waals surface area contributed by atoms with Gasteiger partial charge in [-0.3, -0.25) is 4.79 Å². The van der Waals surface area contributed by atoms with Gasteiger partial charge >= 0.3 is 0 Å². The van der Waals surface area contributed by atoms with Gasteiger partial charge < -0.3 is 0 Å². The molecule has 1 saturated carbocycles. The molecule has 1 heteroatoms. The van der Waals surface area contributed by atoms with E-state index in [-0.39, 0.29) is 5.92 Å². The van der Waals surface area contributed by atoms with E-state index in [0.29, 0.717) is 11.7 Å². The molecule has 2 aromatic carbocycles. The Labute approximate surface area is 108 Å². The standard InChI is InChI=1S/C17H18O/c1-12-6-7-16(11-17(12)18)15-9-8-13-4-2-3-5-14(13)10-15/h2-5,8-10,12,16H,6-7,11H2,1H3/t12?,16-/m1/s1. The van der Waals surface area contributed by atoms with Crippen LogP contribution in [0.5, 0.6) is 0 Å². The monoisotopic (exact) mass is 238 g/mol. The van der Waals surface area contributed by atoms with Gasteiger partial charge in [0.25, 0.3) is 0 Å². The molecule has 0 saturated heterocycles. The van der Waals surface area contributed by atoms with E-state index in [0.717, 1.165) is 19.3 Å². The molecule has 2 atom stereocenters. The van der Waals surface area contributed by atoms with Crippen LogP contribution in [0.4, 0.5) is 0 Å². The van der Waals surface area contributed by atoms with Crippen LogP contribution in [0.3, 0.4) is 0 Å². The highest BCUT2D eigenvalue weighted by molar-refractivity contribution is 5.84. The van der Waals surface area contributed by atoms with Gasteiger partial charge in [-0.1, -0.05) is 49.4 Å². The molecule has 0 bridgehead atoms. The Morgan fingerprint density at radius 3 is 2.56 bits per heavy atom. The maximum absolute atomic E-state index is 11.8. The fraction of sp³-hybridized carbons (Fsp3) is 0.353. The predicted octanol–water partition coefficient (Wildman–Crippen LogP) is 4.31. The summed E-state index contributed by atoms with van der Waals surface area (Å²) in [6, 6.07) is 15.0. The van der Waals surface area contributed by atoms with Crippen molar-refractivity contribution in [2.45, 2.75) is 32.1 Å². The molecule has 0 aromatic heterocycles. The first-order chi connectivity index (χ1) is 8.74. The van der Waals surface area contributed by atoms with Crippen LogP contribution in [-0.2, 0) is 4.79 Å². The Morgan fingerprint density at radius 2 is 1.78 bits per heavy atom. The lowest BCUT2D eigenvalue weighted by molar-refractivity contribution is -0.124. The van der Waals surface area contributed by atoms with Crippen LogP contribution in [-0.4, -0.2) is 5.78 Å². The zero-order chi connectivity index (χ0) is 12.5. The van der Waals surface area contributed by atoms with Crippen LogP contribution >= 0.6 is 0 Å². The minimum absolute atomic E-state index is 0.265. The summed E-state index contributed by atoms with van der Waals surface area (Å²) < 4.78 is 0. The number of hydrogen-bond donors (Lipinski definition) is 0. The van der Waals surface area contributed by atoms with Crippen molar-refractivity contribution in [3.63, 3.8) is 0 Å². The number of benzene rings is 2. The van der Waals surface area contributed by atoms with Crippen molar-refractivity contribution in [1.82, 2.24) is 0 Å². The first kappa shape index (κ1) is 11.5. The summed E-state index contributed by atoms with van der Waals surface area (Å²) in [7, 11) is 0. The van der Waals surface area contributed by atoms with E-state index in [1.54, 1.807) is 0 Å². The second-order valence-corrected chi connectivity index (χ2v) is 5.45. The topological polar surface area (TPSA) is 17.1 Å². The zero-order valence-electron chi connectivity index (χ0n) is 10.7. The lowest BCUT2D eigenvalue weighted by Gasteiger charge is -2.25. The van der Waals surface area contributed by atoms with Gasteiger partial charge in [0.2, 0.25) is 0 Å². The third-order valence-electron chi connectivity index (χ3n) is 4.19. The number of Topliss-reactive ketones (excluding diaryl/α,β-unsaturated/α-hetero) is 1. The fourth-order valence-corrected chi connectivity index (χ4v) is 2.90. The van der Waals surface area contributed by atoms with Gasteiger partial charge in [-0.05, 0) is 35.1 Å². The first-order valence-corrected chi connectivity index (χ1v) is 6.75. The van der Waals surface area contributed by atoms with Crippen molar-refractivity contribution in [2.24, 2.45) is 5.92 Å². The molecular weight excluding hydrogens is 220 g/mol. The van der Waals surface area contributed by atoms with E-state index < -0.39 is 0 Å². The fourth-order valence-electron chi connectivity index (χ4n) is 2.90. The zero-order valence-corrected chi connectivity index (χ0v) is 10.7. The Morgan fingerprint density at radius 1 is 1.00 bits per heavy atom. The molecule has 18 heavy (non-hydrogen) atoms. The van der Waals surface area contributed by atoms with Gasteiger partial charge in [-0.2, -0.15) is 0 Å². The average molecular weight is 238 g/mol. The first-order valence-electron chi connectivity index (χ1n) is 6.75. The second-order valence-electron chi connectivity index (χ2n) is 5.45. The van der Waals surface area contributed by atoms with E-state index in [1.807, 2.05) is 0 Å². The molecule has 0 N–H and O–H groups in total. The summed E-state index contributed by atoms with van der Waals surface area (Å²) in [6.07, 6.45) is 2.90. The van der Waals surface area contributed by atoms with Crippen LogP contribution in [0, 0.1) is 5.92 Å². The molecule has 0 heterocycles. The summed E-state index contributed by atoms with van der Waals surface area (Å²) in [5, 5.41) is 2.55. The molecule has 2 aromatic rings. The molecule has 0 spiro atoms. The maximum Gasteiger partial charge on any atom is 0.136 e. The van der Waals surface area contributed by atoms with Crippen LogP contribution < -0.4 is 0 Å². The van der Waals surface area contributed by atoms with E-state index in [9.17, 15) is 4.79 Å². The Bertz CT molecular complexity index is 585. The lowest BCUT2D eigenvalue weighted by Crippen LogP contribution is -2.21. The average Bonchev–Trinajstić information content (AvgIpc) is 2.41. The number of rotatable bonds is 1. The van der Waals surface area contributed by atoms with Crippen LogP contribution in [0.15, 0.2) is 42.5 Å². The molecule has 3 rings (SSSR count). The molecule has 1 unspecified atom stereocenters. The Kier molecular flexibility index (Phi) is 2.91. The van der Waals surface area contributed by atoms with Gasteiger partial charge in [0.1, 0.15) is 5.78 Å². The number of ketones is 1. The van der Waals surface area contributed by atoms with Gasteiger partial charge in [-0.25, -0.2) is 0 Å². The smallest absolute Gasteiger partial charge is 0.136 e. The summed E-state index contributed by atoms with van der Waals surface area (Å²) >= 11 is 0. The molecule has 0 amide bonds. The highest BCUT2D eigenvalue weighted by Gasteiger charge is 2.26. The van der Waals surface area contributed by atoms with Crippen molar-refractivity contribution in [2.75, 3.05) is 0 Å². The second kappa shape index (κ2) is 4.56. The van der Waals surface area contributed by atoms with Gasteiger partial charge in [0.15, 0.2) is 0 Å². The summed E-state index contributed by atoms with van der Waals surface area (Å²) in [4.78, 5) is 11.8. The van der Waals surface area contributed by atoms with E-state index in [2.05, 4.69) is 49.4 Å². The molecule has 1 aliphatic rings. The normalized spacial score (nSPS) is 24.4. The predicted molar refractivity (Wildman–Crippen MR) is 74.7 cm³/mol. The van der Waals surface area contributed by atoms with Gasteiger partial charge in [0, 0.05) is 12.3 Å². The minimum atomic E-state index is 0.265. The quantitative estimate of drug-likeness (QED) is 0.723. The third kappa shape index (κ3) is 2.05.